The van der Waals surface area contributed by atoms with Gasteiger partial charge in [-0.2, -0.15) is 0 Å². The Morgan fingerprint density at radius 1 is 0.403 bits per heavy atom. The molecule has 0 saturated heterocycles. The largest absolute Gasteiger partial charge is 0.311 e. The predicted molar refractivity (Wildman–Crippen MR) is 265 cm³/mol. The zero-order valence-corrected chi connectivity index (χ0v) is 35.2. The highest BCUT2D eigenvalue weighted by atomic mass is 15.2. The number of rotatable bonds is 5. The fourth-order valence-corrected chi connectivity index (χ4v) is 11.1. The first-order valence-corrected chi connectivity index (χ1v) is 21.8. The maximum absolute atomic E-state index is 9.20. The lowest BCUT2D eigenvalue weighted by Crippen LogP contribution is -2.61. The van der Waals surface area contributed by atoms with Crippen LogP contribution in [0.3, 0.4) is 0 Å². The molecule has 294 valence electrons. The number of benzene rings is 9. The second-order valence-corrected chi connectivity index (χ2v) is 17.7. The van der Waals surface area contributed by atoms with E-state index in [0.29, 0.717) is 0 Å². The van der Waals surface area contributed by atoms with Crippen molar-refractivity contribution in [2.45, 2.75) is 39.5 Å². The second kappa shape index (κ2) is 13.1. The molecule has 0 amide bonds. The van der Waals surface area contributed by atoms with Crippen LogP contribution in [0.2, 0.25) is 0 Å². The molecular formula is C58H44BN3. The van der Waals surface area contributed by atoms with Crippen molar-refractivity contribution in [3.05, 3.63) is 193 Å². The van der Waals surface area contributed by atoms with E-state index in [0.717, 1.165) is 50.9 Å². The van der Waals surface area contributed by atoms with E-state index < -0.39 is 11.8 Å². The van der Waals surface area contributed by atoms with E-state index in [1.54, 1.807) is 0 Å². The van der Waals surface area contributed by atoms with Crippen LogP contribution in [-0.2, 0) is 0 Å². The molecule has 10 aromatic rings. The van der Waals surface area contributed by atoms with E-state index in [1.165, 1.54) is 71.2 Å². The van der Waals surface area contributed by atoms with Crippen molar-refractivity contribution >= 4 is 89.8 Å². The monoisotopic (exact) mass is 795 g/mol. The molecule has 1 aliphatic carbocycles. The highest BCUT2D eigenvalue weighted by Gasteiger charge is 2.44. The zero-order valence-electron chi connectivity index (χ0n) is 37.2. The number of aromatic nitrogens is 1. The molecule has 0 bridgehead atoms. The first-order chi connectivity index (χ1) is 31.0. The minimum absolute atomic E-state index is 0.0893. The Morgan fingerprint density at radius 3 is 1.71 bits per heavy atom. The minimum Gasteiger partial charge on any atom is -0.311 e. The van der Waals surface area contributed by atoms with Gasteiger partial charge in [-0.25, -0.2) is 0 Å². The predicted octanol–water partition coefficient (Wildman–Crippen LogP) is 13.9. The zero-order chi connectivity index (χ0) is 43.2. The first-order valence-electron chi connectivity index (χ1n) is 22.8. The first kappa shape index (κ1) is 33.4. The van der Waals surface area contributed by atoms with Crippen molar-refractivity contribution in [1.82, 2.24) is 4.57 Å². The maximum Gasteiger partial charge on any atom is 0.252 e. The van der Waals surface area contributed by atoms with Gasteiger partial charge in [-0.15, -0.1) is 0 Å². The number of hydrogen-bond donors (Lipinski definition) is 0. The Morgan fingerprint density at radius 2 is 0.984 bits per heavy atom. The summed E-state index contributed by atoms with van der Waals surface area (Å²) < 4.78 is 20.6. The smallest absolute Gasteiger partial charge is 0.252 e. The molecule has 0 spiro atoms. The summed E-state index contributed by atoms with van der Waals surface area (Å²) in [6.07, 6.45) is 0. The summed E-state index contributed by atoms with van der Waals surface area (Å²) >= 11 is 0. The summed E-state index contributed by atoms with van der Waals surface area (Å²) in [5.41, 5.74) is 20.7. The molecule has 4 heteroatoms. The van der Waals surface area contributed by atoms with Crippen LogP contribution in [0.5, 0.6) is 0 Å². The van der Waals surface area contributed by atoms with Gasteiger partial charge in [-0.1, -0.05) is 149 Å². The average Bonchev–Trinajstić information content (AvgIpc) is 3.59. The van der Waals surface area contributed by atoms with Crippen LogP contribution >= 0.6 is 0 Å². The number of fused-ring (bicyclic) bond motifs is 7. The van der Waals surface area contributed by atoms with Gasteiger partial charge in [0.1, 0.15) is 0 Å². The van der Waals surface area contributed by atoms with Gasteiger partial charge in [0.25, 0.3) is 6.71 Å². The lowest BCUT2D eigenvalue weighted by molar-refractivity contribution is 0.866. The molecule has 3 aliphatic rings. The molecule has 1 aromatic heterocycles. The van der Waals surface area contributed by atoms with Gasteiger partial charge < -0.3 is 14.4 Å². The van der Waals surface area contributed by atoms with Crippen molar-refractivity contribution in [3.63, 3.8) is 0 Å². The molecule has 13 rings (SSSR count). The molecule has 0 fully saturated rings. The maximum atomic E-state index is 9.20. The Kier molecular flexibility index (Phi) is 7.06. The summed E-state index contributed by atoms with van der Waals surface area (Å²) in [7, 11) is 0. The van der Waals surface area contributed by atoms with Crippen molar-refractivity contribution in [3.8, 4) is 27.9 Å². The van der Waals surface area contributed by atoms with Crippen molar-refractivity contribution in [1.29, 1.82) is 0 Å². The van der Waals surface area contributed by atoms with Crippen LogP contribution in [0.4, 0.5) is 34.1 Å². The summed E-state index contributed by atoms with van der Waals surface area (Å²) in [5, 5.41) is 5.09. The van der Waals surface area contributed by atoms with Crippen LogP contribution in [0, 0.1) is 0 Å². The third-order valence-corrected chi connectivity index (χ3v) is 13.8. The fraction of sp³-hybridized carbons (Fsp3) is 0.103. The Hall–Kier alpha value is -7.30. The van der Waals surface area contributed by atoms with Gasteiger partial charge in [0.2, 0.25) is 0 Å². The van der Waals surface area contributed by atoms with Gasteiger partial charge in [0.15, 0.2) is 0 Å². The normalized spacial score (nSPS) is 14.2. The van der Waals surface area contributed by atoms with Gasteiger partial charge in [-0.3, -0.25) is 0 Å². The third-order valence-electron chi connectivity index (χ3n) is 13.8. The van der Waals surface area contributed by atoms with Crippen molar-refractivity contribution in [2.24, 2.45) is 0 Å². The molecule has 0 unspecified atom stereocenters. The quantitative estimate of drug-likeness (QED) is 0.161. The molecule has 2 aliphatic heterocycles. The molecule has 62 heavy (non-hydrogen) atoms. The second-order valence-electron chi connectivity index (χ2n) is 17.7. The van der Waals surface area contributed by atoms with Gasteiger partial charge in [-0.05, 0) is 133 Å². The summed E-state index contributed by atoms with van der Waals surface area (Å²) in [5.74, 6) is -1.51. The summed E-state index contributed by atoms with van der Waals surface area (Å²) in [6, 6.07) is 67.0. The number of para-hydroxylation sites is 2. The Balaban J connectivity index is 1.18. The lowest BCUT2D eigenvalue weighted by atomic mass is 9.33. The highest BCUT2D eigenvalue weighted by molar-refractivity contribution is 7.00. The Labute approximate surface area is 366 Å². The van der Waals surface area contributed by atoms with Gasteiger partial charge in [0, 0.05) is 47.6 Å². The van der Waals surface area contributed by atoms with Crippen LogP contribution < -0.4 is 26.2 Å². The van der Waals surface area contributed by atoms with Gasteiger partial charge in [0.05, 0.1) is 16.7 Å². The fourth-order valence-electron chi connectivity index (χ4n) is 11.1. The van der Waals surface area contributed by atoms with Crippen molar-refractivity contribution in [2.75, 3.05) is 9.80 Å². The molecular weight excluding hydrogens is 749 g/mol. The van der Waals surface area contributed by atoms with Crippen LogP contribution in [0.25, 0.3) is 60.5 Å². The molecule has 0 radical (unpaired) electrons. The van der Waals surface area contributed by atoms with E-state index in [2.05, 4.69) is 196 Å². The van der Waals surface area contributed by atoms with E-state index >= 15 is 0 Å². The van der Waals surface area contributed by atoms with E-state index in [1.807, 2.05) is 27.7 Å². The number of hydrogen-bond acceptors (Lipinski definition) is 2. The van der Waals surface area contributed by atoms with Crippen LogP contribution in [-0.4, -0.2) is 11.3 Å². The molecule has 3 heterocycles. The summed E-state index contributed by atoms with van der Waals surface area (Å²) in [6.45, 7) is 7.78. The highest BCUT2D eigenvalue weighted by Crippen LogP contribution is 2.51. The van der Waals surface area contributed by atoms with Crippen molar-refractivity contribution < 1.29 is 2.74 Å². The van der Waals surface area contributed by atoms with E-state index in [-0.39, 0.29) is 6.71 Å². The average molecular weight is 796 g/mol. The molecule has 9 aromatic carbocycles. The third kappa shape index (κ3) is 4.84. The standard InChI is InChI=1S/C58H44BN3/c1-35(2)37-24-28-41(29-25-37)61-49-22-11-10-21-47(49)59-48-32-39(36(3)4)27-30-50(48)60(40-15-6-5-7-16-40)53-33-42(34-54(61)58(53)59)62-51-23-13-20-46-44-18-9-8-17-43(44)45-19-12-14-38-26-31-52(62)57(55(38)45)56(46)51/h5-36H,1-4H3/i35D,36D. The topological polar surface area (TPSA) is 11.4 Å². The SMILES string of the molecule is [2H]C(C)(C)c1ccc(N2c3ccccc3B3c4cc(C([2H])(C)C)ccc4N(c4ccccc4)c4cc(-n5c6cccc7c6c6c8c(cccc8ccc65)-c5ccccc5-7)cc2c43)cc1. The van der Waals surface area contributed by atoms with Crippen LogP contribution in [0.15, 0.2) is 182 Å². The molecule has 0 saturated carbocycles. The molecule has 3 nitrogen and oxygen atoms in total. The van der Waals surface area contributed by atoms with Crippen LogP contribution in [0.1, 0.15) is 53.4 Å². The number of anilines is 6. The minimum atomic E-state index is -0.782. The molecule has 0 atom stereocenters. The Bertz CT molecular complexity index is 3600. The van der Waals surface area contributed by atoms with Gasteiger partial charge >= 0.3 is 0 Å². The van der Waals surface area contributed by atoms with E-state index in [4.69, 9.17) is 1.37 Å². The van der Waals surface area contributed by atoms with E-state index in [9.17, 15) is 1.37 Å². The molecule has 0 N–H and O–H groups in total. The number of nitrogens with zero attached hydrogens (tertiary/aromatic N) is 3. The summed E-state index contributed by atoms with van der Waals surface area (Å²) in [4.78, 5) is 4.91. The lowest BCUT2D eigenvalue weighted by Gasteiger charge is -2.44.